The van der Waals surface area contributed by atoms with Crippen LogP contribution in [0.2, 0.25) is 0 Å². The van der Waals surface area contributed by atoms with E-state index in [1.54, 1.807) is 0 Å². The summed E-state index contributed by atoms with van der Waals surface area (Å²) in [5.74, 6) is 0. The average Bonchev–Trinajstić information content (AvgIpc) is 2.11. The highest BCUT2D eigenvalue weighted by atomic mass is 14.2. The molecule has 2 atom stereocenters. The van der Waals surface area contributed by atoms with Gasteiger partial charge in [-0.2, -0.15) is 0 Å². The molecule has 0 heterocycles. The van der Waals surface area contributed by atoms with E-state index in [0.717, 1.165) is 19.3 Å². The maximum atomic E-state index is 8.17. The van der Waals surface area contributed by atoms with E-state index in [4.69, 9.17) is 2.74 Å². The van der Waals surface area contributed by atoms with Gasteiger partial charge in [-0.3, -0.25) is 0 Å². The quantitative estimate of drug-likeness (QED) is 0.565. The standard InChI is InChI=1S/C13H28/c1-7-9-13(5,6)11-8-10-12(2,3)4/h7-11H2,1-6H3/i9D,11D. The molecular formula is C13H28. The molecule has 13 heavy (non-hydrogen) atoms. The van der Waals surface area contributed by atoms with E-state index in [9.17, 15) is 0 Å². The summed E-state index contributed by atoms with van der Waals surface area (Å²) in [5.41, 5.74) is 0.124. The molecule has 0 saturated heterocycles. The van der Waals surface area contributed by atoms with Crippen molar-refractivity contribution in [2.45, 2.75) is 73.6 Å². The van der Waals surface area contributed by atoms with E-state index in [1.807, 2.05) is 6.92 Å². The zero-order valence-electron chi connectivity index (χ0n) is 12.3. The average molecular weight is 186 g/mol. The summed E-state index contributed by atoms with van der Waals surface area (Å²) >= 11 is 0. The zero-order valence-corrected chi connectivity index (χ0v) is 10.3. The van der Waals surface area contributed by atoms with Crippen LogP contribution >= 0.6 is 0 Å². The van der Waals surface area contributed by atoms with Crippen molar-refractivity contribution in [2.75, 3.05) is 0 Å². The van der Waals surface area contributed by atoms with E-state index in [-0.39, 0.29) is 18.2 Å². The van der Waals surface area contributed by atoms with Gasteiger partial charge in [-0.05, 0) is 30.0 Å². The van der Waals surface area contributed by atoms with Gasteiger partial charge in [0, 0.05) is 2.74 Å². The van der Waals surface area contributed by atoms with E-state index in [2.05, 4.69) is 34.6 Å². The number of hydrogen-bond acceptors (Lipinski definition) is 0. The molecule has 0 amide bonds. The molecule has 0 rings (SSSR count). The molecule has 2 unspecified atom stereocenters. The first kappa shape index (κ1) is 9.55. The first-order valence-electron chi connectivity index (χ1n) is 6.61. The van der Waals surface area contributed by atoms with Crippen LogP contribution in [0.15, 0.2) is 0 Å². The molecule has 0 aromatic rings. The van der Waals surface area contributed by atoms with Crippen LogP contribution < -0.4 is 0 Å². The van der Waals surface area contributed by atoms with Crippen molar-refractivity contribution in [1.82, 2.24) is 0 Å². The first-order chi connectivity index (χ1) is 6.61. The molecule has 0 saturated carbocycles. The van der Waals surface area contributed by atoms with Crippen molar-refractivity contribution < 1.29 is 2.74 Å². The zero-order chi connectivity index (χ0) is 12.3. The Labute approximate surface area is 87.9 Å². The molecule has 0 N–H and O–H groups in total. The molecule has 0 radical (unpaired) electrons. The van der Waals surface area contributed by atoms with Gasteiger partial charge in [-0.25, -0.2) is 0 Å². The highest BCUT2D eigenvalue weighted by molar-refractivity contribution is 4.70. The fourth-order valence-corrected chi connectivity index (χ4v) is 1.49. The van der Waals surface area contributed by atoms with Crippen LogP contribution in [-0.2, 0) is 0 Å². The summed E-state index contributed by atoms with van der Waals surface area (Å²) in [7, 11) is 0. The lowest BCUT2D eigenvalue weighted by Crippen LogP contribution is -2.13. The van der Waals surface area contributed by atoms with Crippen molar-refractivity contribution in [3.05, 3.63) is 0 Å². The summed E-state index contributed by atoms with van der Waals surface area (Å²) in [6.45, 7) is 12.8. The Hall–Kier alpha value is 0. The molecular weight excluding hydrogens is 156 g/mol. The highest BCUT2D eigenvalue weighted by Crippen LogP contribution is 2.31. The van der Waals surface area contributed by atoms with Crippen molar-refractivity contribution >= 4 is 0 Å². The molecule has 0 aromatic heterocycles. The summed E-state index contributed by atoms with van der Waals surface area (Å²) in [6, 6.07) is 0. The molecule has 80 valence electrons. The Bertz CT molecular complexity index is 179. The lowest BCUT2D eigenvalue weighted by Gasteiger charge is -2.26. The van der Waals surface area contributed by atoms with E-state index >= 15 is 0 Å². The van der Waals surface area contributed by atoms with Crippen LogP contribution in [0.3, 0.4) is 0 Å². The van der Waals surface area contributed by atoms with Gasteiger partial charge >= 0.3 is 0 Å². The summed E-state index contributed by atoms with van der Waals surface area (Å²) < 4.78 is 16.1. The fourth-order valence-electron chi connectivity index (χ4n) is 1.49. The van der Waals surface area contributed by atoms with Gasteiger partial charge in [0.25, 0.3) is 0 Å². The van der Waals surface area contributed by atoms with Gasteiger partial charge in [0.1, 0.15) is 0 Å². The smallest absolute Gasteiger partial charge is 0.0272 e. The van der Waals surface area contributed by atoms with Crippen molar-refractivity contribution in [1.29, 1.82) is 0 Å². The van der Waals surface area contributed by atoms with E-state index < -0.39 is 0 Å². The SMILES string of the molecule is [2H]C(CC)C(C)(C)C([2H])CCC(C)(C)C. The molecule has 0 bridgehead atoms. The molecule has 0 fully saturated rings. The molecule has 0 aliphatic carbocycles. The van der Waals surface area contributed by atoms with Gasteiger partial charge in [-0.1, -0.05) is 54.4 Å². The lowest BCUT2D eigenvalue weighted by molar-refractivity contribution is 0.263. The molecule has 0 heteroatoms. The Morgan fingerprint density at radius 1 is 1.00 bits per heavy atom. The largest absolute Gasteiger partial charge is 0.0654 e. The third-order valence-electron chi connectivity index (χ3n) is 2.29. The molecule has 0 aliphatic rings. The summed E-state index contributed by atoms with van der Waals surface area (Å²) in [6.07, 6.45) is 2.60. The Morgan fingerprint density at radius 2 is 1.54 bits per heavy atom. The summed E-state index contributed by atoms with van der Waals surface area (Å²) in [4.78, 5) is 0. The van der Waals surface area contributed by atoms with Gasteiger partial charge in [-0.15, -0.1) is 0 Å². The van der Waals surface area contributed by atoms with Crippen molar-refractivity contribution in [3.63, 3.8) is 0 Å². The molecule has 0 spiro atoms. The van der Waals surface area contributed by atoms with Crippen LogP contribution in [0.25, 0.3) is 0 Å². The third kappa shape index (κ3) is 8.33. The maximum Gasteiger partial charge on any atom is 0.0272 e. The van der Waals surface area contributed by atoms with Crippen LogP contribution in [-0.4, -0.2) is 0 Å². The predicted octanol–water partition coefficient (Wildman–Crippen LogP) is 5.03. The second-order valence-electron chi connectivity index (χ2n) is 5.74. The van der Waals surface area contributed by atoms with Gasteiger partial charge in [0.15, 0.2) is 0 Å². The molecule has 0 aromatic carbocycles. The predicted molar refractivity (Wildman–Crippen MR) is 62.0 cm³/mol. The normalized spacial score (nSPS) is 20.5. The van der Waals surface area contributed by atoms with Crippen molar-refractivity contribution in [2.24, 2.45) is 10.8 Å². The first-order valence-corrected chi connectivity index (χ1v) is 5.45. The minimum atomic E-state index is -0.181. The van der Waals surface area contributed by atoms with E-state index in [1.165, 1.54) is 0 Å². The molecule has 0 nitrogen and oxygen atoms in total. The Morgan fingerprint density at radius 3 is 1.92 bits per heavy atom. The number of hydrogen-bond donors (Lipinski definition) is 0. The van der Waals surface area contributed by atoms with Crippen molar-refractivity contribution in [3.8, 4) is 0 Å². The van der Waals surface area contributed by atoms with Gasteiger partial charge in [0.2, 0.25) is 0 Å². The Kier molecular flexibility index (Phi) is 3.69. The second kappa shape index (κ2) is 5.02. The minimum absolute atomic E-state index is 0.111. The third-order valence-corrected chi connectivity index (χ3v) is 2.29. The van der Waals surface area contributed by atoms with Crippen LogP contribution in [0.5, 0.6) is 0 Å². The van der Waals surface area contributed by atoms with Gasteiger partial charge < -0.3 is 0 Å². The van der Waals surface area contributed by atoms with E-state index in [0.29, 0.717) is 5.41 Å². The molecule has 0 aliphatic heterocycles. The van der Waals surface area contributed by atoms with Crippen LogP contribution in [0, 0.1) is 10.8 Å². The maximum absolute atomic E-state index is 8.17. The Balaban J connectivity index is 4.25. The minimum Gasteiger partial charge on any atom is -0.0654 e. The van der Waals surface area contributed by atoms with Crippen LogP contribution in [0.1, 0.15) is 76.3 Å². The monoisotopic (exact) mass is 186 g/mol. The van der Waals surface area contributed by atoms with Crippen LogP contribution in [0.4, 0.5) is 0 Å². The lowest BCUT2D eigenvalue weighted by atomic mass is 9.80. The number of rotatable bonds is 5. The second-order valence-corrected chi connectivity index (χ2v) is 5.74. The summed E-state index contributed by atoms with van der Waals surface area (Å²) in [5, 5.41) is 0. The van der Waals surface area contributed by atoms with Gasteiger partial charge in [0.05, 0.1) is 0 Å². The topological polar surface area (TPSA) is 0 Å². The fraction of sp³-hybridized carbons (Fsp3) is 1.00. The highest BCUT2D eigenvalue weighted by Gasteiger charge is 2.18.